The molecule has 1 amide bonds. The smallest absolute Gasteiger partial charge is 0.409 e. The van der Waals surface area contributed by atoms with E-state index in [2.05, 4.69) is 11.9 Å². The van der Waals surface area contributed by atoms with Gasteiger partial charge in [0.2, 0.25) is 0 Å². The van der Waals surface area contributed by atoms with Crippen LogP contribution < -0.4 is 5.32 Å². The molecule has 0 radical (unpaired) electrons. The molecule has 0 aromatic heterocycles. The maximum absolute atomic E-state index is 11.2. The Balaban J connectivity index is 4.01. The quantitative estimate of drug-likeness (QED) is 0.539. The molecule has 2 atom stereocenters. The van der Waals surface area contributed by atoms with Crippen LogP contribution in [0.15, 0.2) is 12.7 Å². The predicted octanol–water partition coefficient (Wildman–Crippen LogP) is 1.65. The lowest BCUT2D eigenvalue weighted by atomic mass is 10.1. The van der Waals surface area contributed by atoms with E-state index in [0.717, 1.165) is 0 Å². The predicted molar refractivity (Wildman–Crippen MR) is 54.7 cm³/mol. The van der Waals surface area contributed by atoms with Gasteiger partial charge in [0.15, 0.2) is 0 Å². The molecule has 1 unspecified atom stereocenters. The van der Waals surface area contributed by atoms with E-state index in [-0.39, 0.29) is 5.92 Å². The first-order chi connectivity index (χ1) is 6.26. The van der Waals surface area contributed by atoms with E-state index in [4.69, 9.17) is 4.74 Å². The van der Waals surface area contributed by atoms with Crippen LogP contribution in [0.4, 0.5) is 4.79 Å². The summed E-state index contributed by atoms with van der Waals surface area (Å²) in [6.45, 7) is 10.5. The fourth-order valence-corrected chi connectivity index (χ4v) is 0.689. The van der Waals surface area contributed by atoms with E-state index in [0.29, 0.717) is 0 Å². The Morgan fingerprint density at radius 3 is 2.43 bits per heavy atom. The van der Waals surface area contributed by atoms with Crippen LogP contribution in [0.3, 0.4) is 0 Å². The second-order valence-electron chi connectivity index (χ2n) is 4.19. The second-order valence-corrected chi connectivity index (χ2v) is 4.19. The Kier molecular flexibility index (Phi) is 4.63. The van der Waals surface area contributed by atoms with Gasteiger partial charge in [-0.05, 0) is 20.8 Å². The van der Waals surface area contributed by atoms with Gasteiger partial charge in [0, 0.05) is 5.92 Å². The minimum absolute atomic E-state index is 0.206. The molecule has 0 fully saturated rings. The number of alkyl carbamates (subject to hydrolysis) is 1. The summed E-state index contributed by atoms with van der Waals surface area (Å²) in [6.07, 6.45) is -0.0248. The van der Waals surface area contributed by atoms with Gasteiger partial charge in [-0.15, -0.1) is 6.58 Å². The van der Waals surface area contributed by atoms with Gasteiger partial charge in [-0.1, -0.05) is 13.0 Å². The van der Waals surface area contributed by atoms with Crippen LogP contribution >= 0.6 is 0 Å². The maximum Gasteiger partial charge on any atom is 0.409 e. The molecule has 0 aliphatic rings. The van der Waals surface area contributed by atoms with Gasteiger partial charge in [0.1, 0.15) is 11.8 Å². The number of nitrogens with one attached hydrogen (secondary N) is 1. The largest absolute Gasteiger partial charge is 0.444 e. The highest BCUT2D eigenvalue weighted by molar-refractivity contribution is 5.67. The van der Waals surface area contributed by atoms with Gasteiger partial charge in [-0.3, -0.25) is 5.32 Å². The Morgan fingerprint density at radius 2 is 2.07 bits per heavy atom. The van der Waals surface area contributed by atoms with Crippen molar-refractivity contribution >= 4 is 6.09 Å². The summed E-state index contributed by atoms with van der Waals surface area (Å²) in [7, 11) is 0. The molecular formula is C10H19NO3. The van der Waals surface area contributed by atoms with Gasteiger partial charge in [0.05, 0.1) is 0 Å². The molecule has 4 heteroatoms. The average Bonchev–Trinajstić information content (AvgIpc) is 1.99. The Morgan fingerprint density at radius 1 is 1.57 bits per heavy atom. The molecule has 4 nitrogen and oxygen atoms in total. The summed E-state index contributed by atoms with van der Waals surface area (Å²) in [6, 6.07) is 0. The van der Waals surface area contributed by atoms with Gasteiger partial charge >= 0.3 is 6.09 Å². The standard InChI is InChI=1S/C10H19NO3/c1-6-7(2)8(12)11-9(13)14-10(3,4)5/h6-8,12H,1H2,2-5H3,(H,11,13)/t7-,8?/m1/s1. The van der Waals surface area contributed by atoms with Crippen LogP contribution in [0.25, 0.3) is 0 Å². The normalized spacial score (nSPS) is 15.5. The molecule has 0 saturated heterocycles. The molecule has 0 spiro atoms. The summed E-state index contributed by atoms with van der Waals surface area (Å²) in [5.74, 6) is -0.206. The van der Waals surface area contributed by atoms with Crippen molar-refractivity contribution in [1.82, 2.24) is 5.32 Å². The van der Waals surface area contributed by atoms with Crippen LogP contribution in [0.1, 0.15) is 27.7 Å². The molecule has 82 valence electrons. The third-order valence-corrected chi connectivity index (χ3v) is 1.53. The van der Waals surface area contributed by atoms with Crippen molar-refractivity contribution in [1.29, 1.82) is 0 Å². The van der Waals surface area contributed by atoms with Crippen LogP contribution in [0.2, 0.25) is 0 Å². The maximum atomic E-state index is 11.2. The fraction of sp³-hybridized carbons (Fsp3) is 0.700. The van der Waals surface area contributed by atoms with Crippen LogP contribution in [0, 0.1) is 5.92 Å². The molecule has 2 N–H and O–H groups in total. The second kappa shape index (κ2) is 5.00. The van der Waals surface area contributed by atoms with Crippen molar-refractivity contribution in [3.8, 4) is 0 Å². The summed E-state index contributed by atoms with van der Waals surface area (Å²) in [4.78, 5) is 11.2. The Hall–Kier alpha value is -1.03. The van der Waals surface area contributed by atoms with Gasteiger partial charge < -0.3 is 9.84 Å². The van der Waals surface area contributed by atoms with Gasteiger partial charge in [-0.25, -0.2) is 4.79 Å². The monoisotopic (exact) mass is 201 g/mol. The van der Waals surface area contributed by atoms with E-state index in [9.17, 15) is 9.90 Å². The van der Waals surface area contributed by atoms with E-state index in [1.807, 2.05) is 0 Å². The number of aliphatic hydroxyl groups is 1. The summed E-state index contributed by atoms with van der Waals surface area (Å²) in [5.41, 5.74) is -0.554. The van der Waals surface area contributed by atoms with Gasteiger partial charge in [0.25, 0.3) is 0 Å². The van der Waals surface area contributed by atoms with Crippen LogP contribution in [0.5, 0.6) is 0 Å². The van der Waals surface area contributed by atoms with Crippen LogP contribution in [-0.4, -0.2) is 23.0 Å². The molecule has 0 aliphatic carbocycles. The molecule has 0 aliphatic heterocycles. The molecule has 0 aromatic rings. The first kappa shape index (κ1) is 13.0. The zero-order valence-electron chi connectivity index (χ0n) is 9.20. The van der Waals surface area contributed by atoms with Crippen LogP contribution in [-0.2, 0) is 4.74 Å². The van der Waals surface area contributed by atoms with Crippen molar-refractivity contribution in [3.05, 3.63) is 12.7 Å². The third-order valence-electron chi connectivity index (χ3n) is 1.53. The number of hydrogen-bond acceptors (Lipinski definition) is 3. The minimum atomic E-state index is -0.956. The fourth-order valence-electron chi connectivity index (χ4n) is 0.689. The van der Waals surface area contributed by atoms with E-state index in [1.165, 1.54) is 0 Å². The van der Waals surface area contributed by atoms with Crippen molar-refractivity contribution in [3.63, 3.8) is 0 Å². The lowest BCUT2D eigenvalue weighted by Crippen LogP contribution is -2.41. The molecule has 0 rings (SSSR count). The zero-order valence-corrected chi connectivity index (χ0v) is 9.20. The highest BCUT2D eigenvalue weighted by atomic mass is 16.6. The molecule has 0 heterocycles. The topological polar surface area (TPSA) is 58.6 Å². The highest BCUT2D eigenvalue weighted by Gasteiger charge is 2.19. The zero-order chi connectivity index (χ0) is 11.4. The van der Waals surface area contributed by atoms with E-state index in [1.54, 1.807) is 33.8 Å². The SMILES string of the molecule is C=C[C@@H](C)C(O)NC(=O)OC(C)(C)C. The molecular weight excluding hydrogens is 182 g/mol. The van der Waals surface area contributed by atoms with Gasteiger partial charge in [-0.2, -0.15) is 0 Å². The van der Waals surface area contributed by atoms with Crippen molar-refractivity contribution in [2.75, 3.05) is 0 Å². The minimum Gasteiger partial charge on any atom is -0.444 e. The molecule has 0 aromatic carbocycles. The van der Waals surface area contributed by atoms with E-state index < -0.39 is 17.9 Å². The average molecular weight is 201 g/mol. The highest BCUT2D eigenvalue weighted by Crippen LogP contribution is 2.08. The number of carbonyl (C=O) groups excluding carboxylic acids is 1. The number of rotatable bonds is 3. The first-order valence-corrected chi connectivity index (χ1v) is 4.56. The Labute approximate surface area is 85.0 Å². The lowest BCUT2D eigenvalue weighted by Gasteiger charge is -2.22. The summed E-state index contributed by atoms with van der Waals surface area (Å²) in [5, 5.41) is 11.7. The summed E-state index contributed by atoms with van der Waals surface area (Å²) >= 11 is 0. The number of ether oxygens (including phenoxy) is 1. The third kappa shape index (κ3) is 5.59. The molecule has 0 bridgehead atoms. The first-order valence-electron chi connectivity index (χ1n) is 4.56. The number of aliphatic hydroxyl groups excluding tert-OH is 1. The number of carbonyl (C=O) groups is 1. The van der Waals surface area contributed by atoms with Crippen molar-refractivity contribution in [2.24, 2.45) is 5.92 Å². The lowest BCUT2D eigenvalue weighted by molar-refractivity contribution is 0.0294. The summed E-state index contributed by atoms with van der Waals surface area (Å²) < 4.78 is 4.96. The number of amides is 1. The molecule has 0 saturated carbocycles. The van der Waals surface area contributed by atoms with Crippen molar-refractivity contribution in [2.45, 2.75) is 39.5 Å². The van der Waals surface area contributed by atoms with E-state index >= 15 is 0 Å². The molecule has 14 heavy (non-hydrogen) atoms. The van der Waals surface area contributed by atoms with Crippen molar-refractivity contribution < 1.29 is 14.6 Å². The Bertz CT molecular complexity index is 208. The number of hydrogen-bond donors (Lipinski definition) is 2.